The number of hydrogen-bond acceptors (Lipinski definition) is 4. The number of para-hydroxylation sites is 1. The molecule has 7 nitrogen and oxygen atoms in total. The molecule has 1 saturated carbocycles. The molecule has 1 unspecified atom stereocenters. The molecule has 10 heteroatoms. The van der Waals surface area contributed by atoms with Crippen molar-refractivity contribution in [2.45, 2.75) is 45.9 Å². The first-order valence-electron chi connectivity index (χ1n) is 9.51. The Labute approximate surface area is 187 Å². The molecular weight excluding hydrogens is 497 g/mol. The van der Waals surface area contributed by atoms with Crippen LogP contribution in [0.2, 0.25) is 0 Å². The summed E-state index contributed by atoms with van der Waals surface area (Å²) in [6.45, 7) is 2.43. The Morgan fingerprint density at radius 1 is 1.24 bits per heavy atom. The first kappa shape index (κ1) is 25.2. The van der Waals surface area contributed by atoms with E-state index in [4.69, 9.17) is 4.74 Å². The number of alkyl halides is 2. The van der Waals surface area contributed by atoms with Crippen LogP contribution in [0.15, 0.2) is 29.3 Å². The minimum Gasteiger partial charge on any atom is -0.450 e. The minimum atomic E-state index is -2.88. The van der Waals surface area contributed by atoms with Gasteiger partial charge in [-0.25, -0.2) is 9.79 Å². The Morgan fingerprint density at radius 2 is 1.97 bits per heavy atom. The summed E-state index contributed by atoms with van der Waals surface area (Å²) in [4.78, 5) is 16.2. The molecule has 2 rings (SSSR count). The number of halogens is 3. The molecule has 0 spiro atoms. The van der Waals surface area contributed by atoms with Crippen LogP contribution in [0.1, 0.15) is 32.3 Å². The third-order valence-corrected chi connectivity index (χ3v) is 4.20. The third-order valence-electron chi connectivity index (χ3n) is 4.20. The van der Waals surface area contributed by atoms with E-state index < -0.39 is 12.7 Å². The van der Waals surface area contributed by atoms with E-state index in [2.05, 4.69) is 25.7 Å². The molecule has 1 aliphatic rings. The molecule has 29 heavy (non-hydrogen) atoms. The van der Waals surface area contributed by atoms with Gasteiger partial charge in [-0.15, -0.1) is 24.0 Å². The largest absolute Gasteiger partial charge is 0.450 e. The van der Waals surface area contributed by atoms with E-state index in [1.165, 1.54) is 6.07 Å². The number of aliphatic imine (C=N–C) groups is 1. The summed E-state index contributed by atoms with van der Waals surface area (Å²) in [6.07, 6.45) is 1.69. The molecule has 0 saturated heterocycles. The third kappa shape index (κ3) is 9.46. The zero-order chi connectivity index (χ0) is 20.4. The van der Waals surface area contributed by atoms with Crippen LogP contribution >= 0.6 is 24.0 Å². The van der Waals surface area contributed by atoms with Crippen LogP contribution in [-0.2, 0) is 11.3 Å². The summed E-state index contributed by atoms with van der Waals surface area (Å²) in [6, 6.07) is 6.51. The van der Waals surface area contributed by atoms with E-state index >= 15 is 0 Å². The average Bonchev–Trinajstić information content (AvgIpc) is 3.49. The number of amides is 1. The molecule has 0 bridgehead atoms. The number of ether oxygens (including phenoxy) is 2. The van der Waals surface area contributed by atoms with Crippen molar-refractivity contribution in [1.29, 1.82) is 0 Å². The smallest absolute Gasteiger partial charge is 0.407 e. The number of guanidine groups is 1. The van der Waals surface area contributed by atoms with Gasteiger partial charge in [-0.05, 0) is 38.7 Å². The van der Waals surface area contributed by atoms with Crippen LogP contribution in [-0.4, -0.2) is 44.4 Å². The van der Waals surface area contributed by atoms with E-state index in [0.29, 0.717) is 37.1 Å². The second-order valence-corrected chi connectivity index (χ2v) is 6.37. The molecule has 1 aromatic carbocycles. The van der Waals surface area contributed by atoms with Gasteiger partial charge in [0.15, 0.2) is 5.96 Å². The molecule has 1 fully saturated rings. The second kappa shape index (κ2) is 13.4. The first-order valence-corrected chi connectivity index (χ1v) is 9.51. The highest BCUT2D eigenvalue weighted by Gasteiger charge is 2.32. The standard InChI is InChI=1S/C19H28F2N4O3.HI/c1-3-22-18(23-11-14-7-5-6-8-16(14)28-17(20)21)24-12-15(13-9-10-13)25-19(26)27-4-2;/h5-8,13,15,17H,3-4,9-12H2,1-2H3,(H,25,26)(H2,22,23,24);1H. The summed E-state index contributed by atoms with van der Waals surface area (Å²) < 4.78 is 34.6. The van der Waals surface area contributed by atoms with Gasteiger partial charge < -0.3 is 25.4 Å². The van der Waals surface area contributed by atoms with Crippen molar-refractivity contribution in [2.24, 2.45) is 10.9 Å². The molecule has 3 N–H and O–H groups in total. The Balaban J connectivity index is 0.00000420. The maximum atomic E-state index is 12.5. The van der Waals surface area contributed by atoms with Crippen molar-refractivity contribution in [2.75, 3.05) is 19.7 Å². The number of carbonyl (C=O) groups is 1. The summed E-state index contributed by atoms with van der Waals surface area (Å²) in [5.74, 6) is 1.06. The topological polar surface area (TPSA) is 84.0 Å². The molecule has 1 aromatic rings. The van der Waals surface area contributed by atoms with Crippen LogP contribution in [0, 0.1) is 5.92 Å². The van der Waals surface area contributed by atoms with Crippen LogP contribution in [0.3, 0.4) is 0 Å². The summed E-state index contributed by atoms with van der Waals surface area (Å²) in [5, 5.41) is 9.18. The predicted molar refractivity (Wildman–Crippen MR) is 118 cm³/mol. The molecule has 1 atom stereocenters. The lowest BCUT2D eigenvalue weighted by molar-refractivity contribution is -0.0504. The van der Waals surface area contributed by atoms with Crippen molar-refractivity contribution < 1.29 is 23.0 Å². The van der Waals surface area contributed by atoms with Gasteiger partial charge in [-0.1, -0.05) is 18.2 Å². The normalized spacial score (nSPS) is 14.6. The Kier molecular flexibility index (Phi) is 11.6. The second-order valence-electron chi connectivity index (χ2n) is 6.37. The van der Waals surface area contributed by atoms with Gasteiger partial charge in [-0.2, -0.15) is 8.78 Å². The number of nitrogens with zero attached hydrogens (tertiary/aromatic N) is 1. The lowest BCUT2D eigenvalue weighted by Gasteiger charge is -2.20. The Hall–Kier alpha value is -1.85. The van der Waals surface area contributed by atoms with Gasteiger partial charge in [0.2, 0.25) is 0 Å². The van der Waals surface area contributed by atoms with Gasteiger partial charge in [0.05, 0.1) is 19.2 Å². The zero-order valence-electron chi connectivity index (χ0n) is 16.6. The number of alkyl carbamates (subject to hydrolysis) is 1. The maximum absolute atomic E-state index is 12.5. The number of benzene rings is 1. The van der Waals surface area contributed by atoms with Gasteiger partial charge in [0.25, 0.3) is 0 Å². The fourth-order valence-corrected chi connectivity index (χ4v) is 2.72. The molecule has 164 valence electrons. The molecule has 1 amide bonds. The summed E-state index contributed by atoms with van der Waals surface area (Å²) >= 11 is 0. The number of hydrogen-bond donors (Lipinski definition) is 3. The summed E-state index contributed by atoms with van der Waals surface area (Å²) in [5.41, 5.74) is 0.559. The Bertz CT molecular complexity index is 660. The minimum absolute atomic E-state index is 0. The van der Waals surface area contributed by atoms with Gasteiger partial charge in [-0.3, -0.25) is 0 Å². The summed E-state index contributed by atoms with van der Waals surface area (Å²) in [7, 11) is 0. The van der Waals surface area contributed by atoms with Crippen LogP contribution < -0.4 is 20.7 Å². The van der Waals surface area contributed by atoms with Crippen molar-refractivity contribution in [1.82, 2.24) is 16.0 Å². The quantitative estimate of drug-likeness (QED) is 0.247. The van der Waals surface area contributed by atoms with Crippen LogP contribution in [0.25, 0.3) is 0 Å². The van der Waals surface area contributed by atoms with Crippen molar-refractivity contribution in [3.05, 3.63) is 29.8 Å². The zero-order valence-corrected chi connectivity index (χ0v) is 19.0. The van der Waals surface area contributed by atoms with E-state index in [-0.39, 0.29) is 42.3 Å². The van der Waals surface area contributed by atoms with Gasteiger partial charge >= 0.3 is 12.7 Å². The maximum Gasteiger partial charge on any atom is 0.407 e. The molecule has 0 radical (unpaired) electrons. The highest BCUT2D eigenvalue weighted by molar-refractivity contribution is 14.0. The lowest BCUT2D eigenvalue weighted by atomic mass is 10.2. The SMILES string of the molecule is CCNC(=NCc1ccccc1OC(F)F)NCC(NC(=O)OCC)C1CC1.I. The number of carbonyl (C=O) groups excluding carboxylic acids is 1. The van der Waals surface area contributed by atoms with Crippen molar-refractivity contribution in [3.8, 4) is 5.75 Å². The van der Waals surface area contributed by atoms with E-state index in [1.807, 2.05) is 6.92 Å². The van der Waals surface area contributed by atoms with E-state index in [1.54, 1.807) is 25.1 Å². The highest BCUT2D eigenvalue weighted by atomic mass is 127. The van der Waals surface area contributed by atoms with Crippen LogP contribution in [0.4, 0.5) is 13.6 Å². The monoisotopic (exact) mass is 526 g/mol. The average molecular weight is 526 g/mol. The van der Waals surface area contributed by atoms with E-state index in [0.717, 1.165) is 12.8 Å². The molecule has 0 aliphatic heterocycles. The highest BCUT2D eigenvalue weighted by Crippen LogP contribution is 2.32. The van der Waals surface area contributed by atoms with E-state index in [9.17, 15) is 13.6 Å². The van der Waals surface area contributed by atoms with Crippen molar-refractivity contribution >= 4 is 36.0 Å². The first-order chi connectivity index (χ1) is 13.5. The predicted octanol–water partition coefficient (Wildman–Crippen LogP) is 3.49. The fourth-order valence-electron chi connectivity index (χ4n) is 2.72. The molecule has 0 aromatic heterocycles. The number of nitrogens with one attached hydrogen (secondary N) is 3. The van der Waals surface area contributed by atoms with Gasteiger partial charge in [0.1, 0.15) is 5.75 Å². The fraction of sp³-hybridized carbons (Fsp3) is 0.579. The lowest BCUT2D eigenvalue weighted by Crippen LogP contribution is -2.48. The molecule has 1 aliphatic carbocycles. The van der Waals surface area contributed by atoms with Crippen molar-refractivity contribution in [3.63, 3.8) is 0 Å². The Morgan fingerprint density at radius 3 is 2.59 bits per heavy atom. The molecule has 0 heterocycles. The van der Waals surface area contributed by atoms with Gasteiger partial charge in [0, 0.05) is 18.7 Å². The number of rotatable bonds is 10. The van der Waals surface area contributed by atoms with Crippen LogP contribution in [0.5, 0.6) is 5.75 Å². The molecular formula is C19H29F2IN4O3.